The van der Waals surface area contributed by atoms with Gasteiger partial charge in [0.05, 0.1) is 6.20 Å². The molecule has 25 heavy (non-hydrogen) atoms. The van der Waals surface area contributed by atoms with Crippen molar-refractivity contribution < 1.29 is 9.90 Å². The van der Waals surface area contributed by atoms with E-state index in [4.69, 9.17) is 10.8 Å². The minimum absolute atomic E-state index is 0.370. The molecular weight excluding hydrogens is 320 g/mol. The largest absolute Gasteiger partial charge is 0.465 e. The predicted octanol–water partition coefficient (Wildman–Crippen LogP) is 1.88. The fraction of sp³-hybridized carbons (Fsp3) is 0.235. The van der Waals surface area contributed by atoms with Gasteiger partial charge < -0.3 is 21.1 Å². The molecule has 0 aliphatic heterocycles. The van der Waals surface area contributed by atoms with Gasteiger partial charge in [0.15, 0.2) is 5.65 Å². The molecule has 0 unspecified atom stereocenters. The van der Waals surface area contributed by atoms with E-state index >= 15 is 0 Å². The van der Waals surface area contributed by atoms with E-state index in [0.717, 1.165) is 22.3 Å². The molecule has 0 bridgehead atoms. The zero-order valence-electron chi connectivity index (χ0n) is 13.9. The summed E-state index contributed by atoms with van der Waals surface area (Å²) in [6.45, 7) is 1.35. The summed E-state index contributed by atoms with van der Waals surface area (Å²) in [6.07, 6.45) is 2.65. The highest BCUT2D eigenvalue weighted by molar-refractivity contribution is 5.77. The molecule has 8 nitrogen and oxygen atoms in total. The zero-order chi connectivity index (χ0) is 17.8. The molecule has 0 spiro atoms. The maximum atomic E-state index is 10.8. The van der Waals surface area contributed by atoms with Crippen molar-refractivity contribution in [2.24, 2.45) is 5.73 Å². The minimum Gasteiger partial charge on any atom is -0.465 e. The Balaban J connectivity index is 1.80. The molecule has 3 aromatic rings. The summed E-state index contributed by atoms with van der Waals surface area (Å²) in [6, 6.07) is 9.79. The van der Waals surface area contributed by atoms with E-state index in [1.165, 1.54) is 11.9 Å². The van der Waals surface area contributed by atoms with Crippen LogP contribution >= 0.6 is 0 Å². The van der Waals surface area contributed by atoms with Gasteiger partial charge in [-0.25, -0.2) is 14.3 Å². The fourth-order valence-electron chi connectivity index (χ4n) is 2.44. The third kappa shape index (κ3) is 3.69. The summed E-state index contributed by atoms with van der Waals surface area (Å²) in [5.41, 5.74) is 9.38. The number of anilines is 1. The fourth-order valence-corrected chi connectivity index (χ4v) is 2.44. The highest BCUT2D eigenvalue weighted by Crippen LogP contribution is 2.24. The van der Waals surface area contributed by atoms with Crippen molar-refractivity contribution in [3.05, 3.63) is 48.3 Å². The van der Waals surface area contributed by atoms with Gasteiger partial charge in [-0.05, 0) is 17.2 Å². The van der Waals surface area contributed by atoms with E-state index in [1.807, 2.05) is 36.5 Å². The van der Waals surface area contributed by atoms with Gasteiger partial charge in [0, 0.05) is 38.4 Å². The van der Waals surface area contributed by atoms with Gasteiger partial charge in [-0.15, -0.1) is 0 Å². The number of rotatable bonds is 6. The van der Waals surface area contributed by atoms with Crippen LogP contribution in [0.2, 0.25) is 0 Å². The molecule has 0 aliphatic carbocycles. The molecule has 0 atom stereocenters. The highest BCUT2D eigenvalue weighted by atomic mass is 16.4. The lowest BCUT2D eigenvalue weighted by atomic mass is 10.1. The molecule has 1 amide bonds. The van der Waals surface area contributed by atoms with Crippen molar-refractivity contribution >= 4 is 17.6 Å². The third-order valence-electron chi connectivity index (χ3n) is 3.95. The quantitative estimate of drug-likeness (QED) is 0.632. The van der Waals surface area contributed by atoms with Crippen LogP contribution in [-0.2, 0) is 6.54 Å². The number of hydrogen-bond acceptors (Lipinski definition) is 5. The summed E-state index contributed by atoms with van der Waals surface area (Å²) in [7, 11) is 1.53. The first-order chi connectivity index (χ1) is 12.1. The van der Waals surface area contributed by atoms with Crippen molar-refractivity contribution in [1.29, 1.82) is 0 Å². The van der Waals surface area contributed by atoms with Gasteiger partial charge >= 0.3 is 6.09 Å². The minimum atomic E-state index is -0.954. The van der Waals surface area contributed by atoms with Crippen LogP contribution < -0.4 is 11.1 Å². The SMILES string of the molecule is CN(CCNc1ccn2ncc(-c3ccc(CN)cc3)c2n1)C(=O)O. The van der Waals surface area contributed by atoms with E-state index in [-0.39, 0.29) is 0 Å². The van der Waals surface area contributed by atoms with Gasteiger partial charge in [-0.1, -0.05) is 24.3 Å². The second-order valence-corrected chi connectivity index (χ2v) is 5.67. The Bertz CT molecular complexity index is 874. The van der Waals surface area contributed by atoms with Gasteiger partial charge in [-0.2, -0.15) is 5.10 Å². The molecule has 130 valence electrons. The van der Waals surface area contributed by atoms with Crippen LogP contribution in [0.1, 0.15) is 5.56 Å². The lowest BCUT2D eigenvalue weighted by molar-refractivity contribution is 0.157. The Hall–Kier alpha value is -3.13. The van der Waals surface area contributed by atoms with Crippen molar-refractivity contribution in [3.8, 4) is 11.1 Å². The van der Waals surface area contributed by atoms with E-state index in [2.05, 4.69) is 15.4 Å². The Morgan fingerprint density at radius 2 is 2.08 bits per heavy atom. The lowest BCUT2D eigenvalue weighted by Crippen LogP contribution is -2.29. The molecule has 0 fully saturated rings. The Kier molecular flexibility index (Phi) is 4.80. The number of likely N-dealkylation sites (N-methyl/N-ethyl adjacent to an activating group) is 1. The number of hydrogen-bond donors (Lipinski definition) is 3. The zero-order valence-corrected chi connectivity index (χ0v) is 13.9. The predicted molar refractivity (Wildman–Crippen MR) is 95.5 cm³/mol. The van der Waals surface area contributed by atoms with Gasteiger partial charge in [0.25, 0.3) is 0 Å². The molecule has 2 heterocycles. The first kappa shape index (κ1) is 16.7. The van der Waals surface area contributed by atoms with Crippen LogP contribution in [0.15, 0.2) is 42.7 Å². The molecule has 4 N–H and O–H groups in total. The van der Waals surface area contributed by atoms with Crippen molar-refractivity contribution in [1.82, 2.24) is 19.5 Å². The normalized spacial score (nSPS) is 10.8. The van der Waals surface area contributed by atoms with Crippen molar-refractivity contribution in [2.45, 2.75) is 6.54 Å². The number of aromatic nitrogens is 3. The van der Waals surface area contributed by atoms with Crippen LogP contribution in [0.3, 0.4) is 0 Å². The summed E-state index contributed by atoms with van der Waals surface area (Å²) in [5.74, 6) is 0.673. The van der Waals surface area contributed by atoms with E-state index in [9.17, 15) is 4.79 Å². The smallest absolute Gasteiger partial charge is 0.407 e. The van der Waals surface area contributed by atoms with Crippen LogP contribution in [0, 0.1) is 0 Å². The van der Waals surface area contributed by atoms with Gasteiger partial charge in [0.2, 0.25) is 0 Å². The number of fused-ring (bicyclic) bond motifs is 1. The van der Waals surface area contributed by atoms with Crippen LogP contribution in [0.25, 0.3) is 16.8 Å². The summed E-state index contributed by atoms with van der Waals surface area (Å²) >= 11 is 0. The van der Waals surface area contributed by atoms with Crippen LogP contribution in [0.5, 0.6) is 0 Å². The Morgan fingerprint density at radius 3 is 2.76 bits per heavy atom. The van der Waals surface area contributed by atoms with Gasteiger partial charge in [-0.3, -0.25) is 0 Å². The van der Waals surface area contributed by atoms with E-state index in [1.54, 1.807) is 10.7 Å². The molecule has 3 rings (SSSR count). The molecule has 2 aromatic heterocycles. The number of nitrogens with two attached hydrogens (primary N) is 1. The number of amides is 1. The first-order valence-electron chi connectivity index (χ1n) is 7.90. The lowest BCUT2D eigenvalue weighted by Gasteiger charge is -2.13. The average Bonchev–Trinajstić information content (AvgIpc) is 3.05. The van der Waals surface area contributed by atoms with Gasteiger partial charge in [0.1, 0.15) is 5.82 Å². The topological polar surface area (TPSA) is 109 Å². The van der Waals surface area contributed by atoms with E-state index in [0.29, 0.717) is 25.5 Å². The van der Waals surface area contributed by atoms with Crippen LogP contribution in [-0.4, -0.2) is 50.8 Å². The molecular formula is C17H20N6O2. The summed E-state index contributed by atoms with van der Waals surface area (Å²) < 4.78 is 1.71. The monoisotopic (exact) mass is 340 g/mol. The number of carboxylic acid groups (broad SMARTS) is 1. The Labute approximate surface area is 144 Å². The molecule has 0 aliphatic rings. The average molecular weight is 340 g/mol. The molecule has 0 saturated heterocycles. The first-order valence-corrected chi connectivity index (χ1v) is 7.90. The molecule has 1 aromatic carbocycles. The molecule has 0 saturated carbocycles. The number of nitrogens with one attached hydrogen (secondary N) is 1. The summed E-state index contributed by atoms with van der Waals surface area (Å²) in [5, 5.41) is 16.3. The number of carbonyl (C=O) groups is 1. The van der Waals surface area contributed by atoms with E-state index < -0.39 is 6.09 Å². The number of nitrogens with zero attached hydrogens (tertiary/aromatic N) is 4. The standard InChI is InChI=1S/C17H20N6O2/c1-22(17(24)25)9-7-19-15-6-8-23-16(21-15)14(11-20-23)13-4-2-12(10-18)3-5-13/h2-6,8,11H,7,9-10,18H2,1H3,(H,19,21)(H,24,25). The summed E-state index contributed by atoms with van der Waals surface area (Å²) in [4.78, 5) is 16.6. The molecule has 8 heteroatoms. The highest BCUT2D eigenvalue weighted by Gasteiger charge is 2.09. The third-order valence-corrected chi connectivity index (χ3v) is 3.95. The van der Waals surface area contributed by atoms with Crippen molar-refractivity contribution in [2.75, 3.05) is 25.5 Å². The van der Waals surface area contributed by atoms with Crippen molar-refractivity contribution in [3.63, 3.8) is 0 Å². The number of benzene rings is 1. The Morgan fingerprint density at radius 1 is 1.32 bits per heavy atom. The second-order valence-electron chi connectivity index (χ2n) is 5.67. The second kappa shape index (κ2) is 7.18. The maximum Gasteiger partial charge on any atom is 0.407 e. The maximum absolute atomic E-state index is 10.8. The van der Waals surface area contributed by atoms with Crippen LogP contribution in [0.4, 0.5) is 10.6 Å². The molecule has 0 radical (unpaired) electrons.